The third kappa shape index (κ3) is 3.20. The Morgan fingerprint density at radius 3 is 3.23 bits per heavy atom. The summed E-state index contributed by atoms with van der Waals surface area (Å²) in [4.78, 5) is 17.6. The van der Waals surface area contributed by atoms with Gasteiger partial charge in [0.25, 0.3) is 5.88 Å². The Labute approximate surface area is 131 Å². The van der Waals surface area contributed by atoms with Crippen molar-refractivity contribution in [1.82, 2.24) is 20.1 Å². The van der Waals surface area contributed by atoms with Crippen molar-refractivity contribution in [2.75, 3.05) is 19.0 Å². The summed E-state index contributed by atoms with van der Waals surface area (Å²) in [7, 11) is 3.27. The van der Waals surface area contributed by atoms with E-state index in [-0.39, 0.29) is 6.03 Å². The molecule has 0 aromatic carbocycles. The number of hydrogen-bond acceptors (Lipinski definition) is 6. The van der Waals surface area contributed by atoms with Crippen LogP contribution in [0.25, 0.3) is 0 Å². The van der Waals surface area contributed by atoms with E-state index in [9.17, 15) is 4.79 Å². The van der Waals surface area contributed by atoms with E-state index < -0.39 is 0 Å². The average molecular weight is 323 g/mol. The van der Waals surface area contributed by atoms with Crippen molar-refractivity contribution in [3.05, 3.63) is 21.8 Å². The maximum atomic E-state index is 11.9. The van der Waals surface area contributed by atoms with Crippen LogP contribution in [0.1, 0.15) is 15.6 Å². The molecule has 0 unspecified atom stereocenters. The summed E-state index contributed by atoms with van der Waals surface area (Å²) < 4.78 is 12.0. The molecule has 2 amide bonds. The fraction of sp³-hybridized carbons (Fsp3) is 0.462. The number of aromatic nitrogens is 3. The Kier molecular flexibility index (Phi) is 4.25. The summed E-state index contributed by atoms with van der Waals surface area (Å²) in [5.41, 5.74) is 1.61. The fourth-order valence-electron chi connectivity index (χ4n) is 2.18. The largest absolute Gasteiger partial charge is 0.478 e. The predicted octanol–water partition coefficient (Wildman–Crippen LogP) is 1.28. The first kappa shape index (κ1) is 14.8. The fourth-order valence-corrected chi connectivity index (χ4v) is 3.17. The summed E-state index contributed by atoms with van der Waals surface area (Å²) in [6.45, 7) is 1.71. The molecule has 2 N–H and O–H groups in total. The van der Waals surface area contributed by atoms with E-state index in [4.69, 9.17) is 9.47 Å². The number of methoxy groups -OCH3 is 1. The van der Waals surface area contributed by atoms with Crippen LogP contribution in [-0.2, 0) is 31.4 Å². The lowest BCUT2D eigenvalue weighted by atomic mass is 10.2. The second-order valence-electron chi connectivity index (χ2n) is 4.81. The molecule has 9 heteroatoms. The molecule has 1 aliphatic rings. The van der Waals surface area contributed by atoms with Crippen LogP contribution in [0.15, 0.2) is 6.20 Å². The van der Waals surface area contributed by atoms with Gasteiger partial charge in [0.05, 0.1) is 43.6 Å². The summed E-state index contributed by atoms with van der Waals surface area (Å²) in [5, 5.41) is 10.4. The molecule has 0 saturated carbocycles. The van der Waals surface area contributed by atoms with Crippen LogP contribution in [0.3, 0.4) is 0 Å². The second kappa shape index (κ2) is 6.32. The van der Waals surface area contributed by atoms with Crippen LogP contribution in [-0.4, -0.2) is 34.5 Å². The molecule has 0 spiro atoms. The Morgan fingerprint density at radius 2 is 2.45 bits per heavy atom. The minimum absolute atomic E-state index is 0.323. The number of urea groups is 1. The van der Waals surface area contributed by atoms with Crippen molar-refractivity contribution in [2.24, 2.45) is 7.05 Å². The Balaban J connectivity index is 1.57. The summed E-state index contributed by atoms with van der Waals surface area (Å²) in [5.74, 6) is 0.375. The summed E-state index contributed by atoms with van der Waals surface area (Å²) in [6, 6.07) is -0.323. The highest BCUT2D eigenvalue weighted by atomic mass is 32.1. The average Bonchev–Trinajstić information content (AvgIpc) is 3.07. The number of anilines is 1. The molecular weight excluding hydrogens is 306 g/mol. The van der Waals surface area contributed by atoms with Crippen LogP contribution in [0.5, 0.6) is 5.88 Å². The second-order valence-corrected chi connectivity index (χ2v) is 5.98. The number of hydrogen-bond donors (Lipinski definition) is 2. The van der Waals surface area contributed by atoms with Gasteiger partial charge in [-0.1, -0.05) is 0 Å². The number of carbonyl (C=O) groups is 1. The molecule has 0 atom stereocenters. The maximum absolute atomic E-state index is 11.9. The number of aryl methyl sites for hydroxylation is 1. The number of carbonyl (C=O) groups excluding carboxylic acids is 1. The van der Waals surface area contributed by atoms with Crippen LogP contribution in [0.4, 0.5) is 10.5 Å². The Morgan fingerprint density at radius 1 is 1.59 bits per heavy atom. The molecule has 3 rings (SSSR count). The number of rotatable bonds is 4. The number of ether oxygens (including phenoxy) is 2. The summed E-state index contributed by atoms with van der Waals surface area (Å²) in [6.07, 6.45) is 2.52. The molecule has 2 aromatic heterocycles. The van der Waals surface area contributed by atoms with Gasteiger partial charge in [-0.2, -0.15) is 0 Å². The van der Waals surface area contributed by atoms with Crippen LogP contribution >= 0.6 is 11.3 Å². The lowest BCUT2D eigenvalue weighted by Crippen LogP contribution is -2.28. The van der Waals surface area contributed by atoms with E-state index in [1.54, 1.807) is 29.3 Å². The minimum Gasteiger partial charge on any atom is -0.478 e. The molecule has 8 nitrogen and oxygen atoms in total. The molecule has 1 aliphatic heterocycles. The van der Waals surface area contributed by atoms with Crippen molar-refractivity contribution >= 4 is 23.1 Å². The molecule has 0 bridgehead atoms. The molecule has 3 heterocycles. The van der Waals surface area contributed by atoms with Crippen molar-refractivity contribution in [3.63, 3.8) is 0 Å². The number of amides is 2. The van der Waals surface area contributed by atoms with Gasteiger partial charge in [0.2, 0.25) is 0 Å². The molecular formula is C13H17N5O3S. The number of fused-ring (bicyclic) bond motifs is 1. The first-order chi connectivity index (χ1) is 10.7. The van der Waals surface area contributed by atoms with Gasteiger partial charge in [0, 0.05) is 13.5 Å². The predicted molar refractivity (Wildman–Crippen MR) is 81.1 cm³/mol. The number of nitrogens with one attached hydrogen (secondary N) is 2. The van der Waals surface area contributed by atoms with Gasteiger partial charge in [-0.3, -0.25) is 4.68 Å². The van der Waals surface area contributed by atoms with E-state index in [1.165, 1.54) is 7.11 Å². The quantitative estimate of drug-likeness (QED) is 0.884. The SMILES string of the molecule is COc1nn(C)cc1NC(=O)NCc1nc2c(s1)COCC2. The molecule has 0 saturated heterocycles. The lowest BCUT2D eigenvalue weighted by Gasteiger charge is -2.08. The third-order valence-electron chi connectivity index (χ3n) is 3.18. The highest BCUT2D eigenvalue weighted by Gasteiger charge is 2.16. The van der Waals surface area contributed by atoms with Gasteiger partial charge >= 0.3 is 6.03 Å². The normalized spacial score (nSPS) is 13.5. The monoisotopic (exact) mass is 323 g/mol. The van der Waals surface area contributed by atoms with Crippen molar-refractivity contribution in [3.8, 4) is 5.88 Å². The Hall–Kier alpha value is -2.13. The van der Waals surface area contributed by atoms with E-state index in [1.807, 2.05) is 0 Å². The first-order valence-corrected chi connectivity index (χ1v) is 7.65. The molecule has 22 heavy (non-hydrogen) atoms. The van der Waals surface area contributed by atoms with E-state index in [2.05, 4.69) is 20.7 Å². The summed E-state index contributed by atoms with van der Waals surface area (Å²) >= 11 is 1.58. The van der Waals surface area contributed by atoms with Gasteiger partial charge < -0.3 is 20.1 Å². The molecule has 2 aromatic rings. The van der Waals surface area contributed by atoms with Crippen LogP contribution in [0.2, 0.25) is 0 Å². The highest BCUT2D eigenvalue weighted by molar-refractivity contribution is 7.11. The maximum Gasteiger partial charge on any atom is 0.319 e. The van der Waals surface area contributed by atoms with Gasteiger partial charge in [-0.05, 0) is 0 Å². The molecule has 0 aliphatic carbocycles. The van der Waals surface area contributed by atoms with Gasteiger partial charge in [-0.25, -0.2) is 9.78 Å². The minimum atomic E-state index is -0.323. The molecule has 0 fully saturated rings. The topological polar surface area (TPSA) is 90.3 Å². The van der Waals surface area contributed by atoms with E-state index in [0.29, 0.717) is 31.3 Å². The zero-order valence-corrected chi connectivity index (χ0v) is 13.2. The Bertz CT molecular complexity index is 658. The lowest BCUT2D eigenvalue weighted by molar-refractivity contribution is 0.112. The van der Waals surface area contributed by atoms with E-state index in [0.717, 1.165) is 22.0 Å². The first-order valence-electron chi connectivity index (χ1n) is 6.83. The van der Waals surface area contributed by atoms with Crippen LogP contribution in [0, 0.1) is 0 Å². The van der Waals surface area contributed by atoms with Gasteiger partial charge in [0.15, 0.2) is 0 Å². The van der Waals surface area contributed by atoms with E-state index >= 15 is 0 Å². The third-order valence-corrected chi connectivity index (χ3v) is 4.25. The van der Waals surface area contributed by atoms with Crippen molar-refractivity contribution < 1.29 is 14.3 Å². The van der Waals surface area contributed by atoms with Crippen molar-refractivity contribution in [2.45, 2.75) is 19.6 Å². The smallest absolute Gasteiger partial charge is 0.319 e. The van der Waals surface area contributed by atoms with Gasteiger partial charge in [-0.15, -0.1) is 16.4 Å². The molecule has 0 radical (unpaired) electrons. The van der Waals surface area contributed by atoms with Crippen molar-refractivity contribution in [1.29, 1.82) is 0 Å². The number of thiazole rings is 1. The zero-order chi connectivity index (χ0) is 15.5. The zero-order valence-electron chi connectivity index (χ0n) is 12.4. The highest BCUT2D eigenvalue weighted by Crippen LogP contribution is 2.24. The number of nitrogens with zero attached hydrogens (tertiary/aromatic N) is 3. The molecule has 118 valence electrons. The van der Waals surface area contributed by atoms with Crippen LogP contribution < -0.4 is 15.4 Å². The van der Waals surface area contributed by atoms with Gasteiger partial charge in [0.1, 0.15) is 10.7 Å². The standard InChI is InChI=1S/C13H17N5O3S/c1-18-6-9(12(17-18)20-2)16-13(19)14-5-11-15-8-3-4-21-7-10(8)22-11/h6H,3-5,7H2,1-2H3,(H2,14,16,19).